The molecule has 25 heavy (non-hydrogen) atoms. The summed E-state index contributed by atoms with van der Waals surface area (Å²) in [6.07, 6.45) is 1.01. The van der Waals surface area contributed by atoms with Crippen LogP contribution >= 0.6 is 0 Å². The van der Waals surface area contributed by atoms with Gasteiger partial charge < -0.3 is 10.6 Å². The van der Waals surface area contributed by atoms with Crippen LogP contribution < -0.4 is 10.6 Å². The molecule has 0 fully saturated rings. The van der Waals surface area contributed by atoms with Crippen LogP contribution in [0.1, 0.15) is 38.3 Å². The van der Waals surface area contributed by atoms with E-state index in [0.29, 0.717) is 6.54 Å². The van der Waals surface area contributed by atoms with Crippen LogP contribution in [0.25, 0.3) is 0 Å². The van der Waals surface area contributed by atoms with Crippen molar-refractivity contribution in [1.29, 1.82) is 0 Å². The zero-order chi connectivity index (χ0) is 18.3. The summed E-state index contributed by atoms with van der Waals surface area (Å²) in [5.74, 6) is -0.153. The molecule has 0 saturated heterocycles. The summed E-state index contributed by atoms with van der Waals surface area (Å²) in [4.78, 5) is 24.0. The highest BCUT2D eigenvalue weighted by Gasteiger charge is 2.20. The first-order valence-electron chi connectivity index (χ1n) is 8.56. The van der Waals surface area contributed by atoms with Crippen LogP contribution in [-0.4, -0.2) is 18.4 Å². The molecule has 132 valence electrons. The van der Waals surface area contributed by atoms with Gasteiger partial charge in [-0.25, -0.2) is 0 Å². The standard InChI is InChI=1S/C21H26N2O2/c1-21(2,3)20(25)22-14-13-19(24)23-18-12-8-7-11-17(18)15-16-9-5-4-6-10-16/h4-12H,13-15H2,1-3H3,(H,22,25)(H,23,24). The van der Waals surface area contributed by atoms with Gasteiger partial charge in [-0.3, -0.25) is 9.59 Å². The SMILES string of the molecule is CC(C)(C)C(=O)NCCC(=O)Nc1ccccc1Cc1ccccc1. The lowest BCUT2D eigenvalue weighted by atomic mass is 9.96. The molecule has 0 aliphatic rings. The van der Waals surface area contributed by atoms with Gasteiger partial charge in [-0.15, -0.1) is 0 Å². The van der Waals surface area contributed by atoms with Crippen molar-refractivity contribution in [2.24, 2.45) is 5.41 Å². The molecule has 4 nitrogen and oxygen atoms in total. The molecule has 0 aromatic heterocycles. The van der Waals surface area contributed by atoms with E-state index in [-0.39, 0.29) is 18.2 Å². The number of carbonyl (C=O) groups excluding carboxylic acids is 2. The average molecular weight is 338 g/mol. The Morgan fingerprint density at radius 2 is 1.56 bits per heavy atom. The van der Waals surface area contributed by atoms with E-state index >= 15 is 0 Å². The Labute approximate surface area is 149 Å². The highest BCUT2D eigenvalue weighted by atomic mass is 16.2. The summed E-state index contributed by atoms with van der Waals surface area (Å²) in [6, 6.07) is 17.9. The molecule has 0 radical (unpaired) electrons. The summed E-state index contributed by atoms with van der Waals surface area (Å²) in [6.45, 7) is 5.88. The Morgan fingerprint density at radius 1 is 0.920 bits per heavy atom. The lowest BCUT2D eigenvalue weighted by Gasteiger charge is -2.17. The Balaban J connectivity index is 1.92. The van der Waals surface area contributed by atoms with Gasteiger partial charge in [0.1, 0.15) is 0 Å². The maximum absolute atomic E-state index is 12.2. The van der Waals surface area contributed by atoms with Gasteiger partial charge in [0.2, 0.25) is 11.8 Å². The normalized spacial score (nSPS) is 11.0. The van der Waals surface area contributed by atoms with Gasteiger partial charge in [0.15, 0.2) is 0 Å². The first kappa shape index (κ1) is 18.7. The van der Waals surface area contributed by atoms with Crippen molar-refractivity contribution in [3.8, 4) is 0 Å². The van der Waals surface area contributed by atoms with Crippen LogP contribution in [0.4, 0.5) is 5.69 Å². The zero-order valence-corrected chi connectivity index (χ0v) is 15.1. The van der Waals surface area contributed by atoms with E-state index in [9.17, 15) is 9.59 Å². The predicted octanol–water partition coefficient (Wildman–Crippen LogP) is 3.77. The Bertz CT molecular complexity index is 718. The van der Waals surface area contributed by atoms with Crippen molar-refractivity contribution in [3.63, 3.8) is 0 Å². The molecule has 2 amide bonds. The molecule has 0 aliphatic carbocycles. The number of carbonyl (C=O) groups is 2. The molecule has 2 rings (SSSR count). The summed E-state index contributed by atoms with van der Waals surface area (Å²) < 4.78 is 0. The van der Waals surface area contributed by atoms with Gasteiger partial charge in [-0.1, -0.05) is 69.3 Å². The van der Waals surface area contributed by atoms with E-state index in [1.807, 2.05) is 63.2 Å². The number of amides is 2. The van der Waals surface area contributed by atoms with Crippen LogP contribution in [0.3, 0.4) is 0 Å². The molecule has 0 bridgehead atoms. The minimum Gasteiger partial charge on any atom is -0.355 e. The third-order valence-corrected chi connectivity index (χ3v) is 3.85. The highest BCUT2D eigenvalue weighted by molar-refractivity contribution is 5.92. The van der Waals surface area contributed by atoms with Crippen LogP contribution in [0.5, 0.6) is 0 Å². The quantitative estimate of drug-likeness (QED) is 0.842. The number of nitrogens with one attached hydrogen (secondary N) is 2. The molecule has 2 aromatic rings. The topological polar surface area (TPSA) is 58.2 Å². The smallest absolute Gasteiger partial charge is 0.226 e. The molecule has 0 saturated carbocycles. The van der Waals surface area contributed by atoms with Crippen molar-refractivity contribution in [2.45, 2.75) is 33.6 Å². The molecule has 2 N–H and O–H groups in total. The Morgan fingerprint density at radius 3 is 2.24 bits per heavy atom. The Hall–Kier alpha value is -2.62. The summed E-state index contributed by atoms with van der Waals surface area (Å²) in [5, 5.41) is 5.75. The van der Waals surface area contributed by atoms with Crippen molar-refractivity contribution >= 4 is 17.5 Å². The van der Waals surface area contributed by atoms with Gasteiger partial charge in [0.25, 0.3) is 0 Å². The van der Waals surface area contributed by atoms with E-state index < -0.39 is 5.41 Å². The number of rotatable bonds is 6. The van der Waals surface area contributed by atoms with E-state index in [2.05, 4.69) is 22.8 Å². The molecule has 0 aliphatic heterocycles. The first-order chi connectivity index (χ1) is 11.9. The van der Waals surface area contributed by atoms with Crippen molar-refractivity contribution < 1.29 is 9.59 Å². The number of para-hydroxylation sites is 1. The molecule has 2 aromatic carbocycles. The number of hydrogen-bond donors (Lipinski definition) is 2. The van der Waals surface area contributed by atoms with Crippen LogP contribution in [0, 0.1) is 5.41 Å². The summed E-state index contributed by atoms with van der Waals surface area (Å²) in [5.41, 5.74) is 2.64. The minimum absolute atomic E-state index is 0.0511. The average Bonchev–Trinajstić information content (AvgIpc) is 2.56. The molecule has 0 heterocycles. The van der Waals surface area contributed by atoms with Gasteiger partial charge >= 0.3 is 0 Å². The van der Waals surface area contributed by atoms with Crippen molar-refractivity contribution in [1.82, 2.24) is 5.32 Å². The number of benzene rings is 2. The molecule has 4 heteroatoms. The monoisotopic (exact) mass is 338 g/mol. The maximum Gasteiger partial charge on any atom is 0.226 e. The second kappa shape index (κ2) is 8.47. The fourth-order valence-corrected chi connectivity index (χ4v) is 2.38. The largest absolute Gasteiger partial charge is 0.355 e. The van der Waals surface area contributed by atoms with E-state index in [0.717, 1.165) is 17.7 Å². The number of hydrogen-bond acceptors (Lipinski definition) is 2. The van der Waals surface area contributed by atoms with E-state index in [1.54, 1.807) is 0 Å². The van der Waals surface area contributed by atoms with Crippen LogP contribution in [0.2, 0.25) is 0 Å². The highest BCUT2D eigenvalue weighted by Crippen LogP contribution is 2.19. The fraction of sp³-hybridized carbons (Fsp3) is 0.333. The van der Waals surface area contributed by atoms with Gasteiger partial charge in [-0.05, 0) is 23.6 Å². The molecule has 0 unspecified atom stereocenters. The zero-order valence-electron chi connectivity index (χ0n) is 15.1. The first-order valence-corrected chi connectivity index (χ1v) is 8.56. The van der Waals surface area contributed by atoms with E-state index in [1.165, 1.54) is 5.56 Å². The van der Waals surface area contributed by atoms with Gasteiger partial charge in [0, 0.05) is 24.1 Å². The van der Waals surface area contributed by atoms with Crippen LogP contribution in [0.15, 0.2) is 54.6 Å². The Kier molecular flexibility index (Phi) is 6.34. The second-order valence-electron chi connectivity index (χ2n) is 7.12. The predicted molar refractivity (Wildman–Crippen MR) is 101 cm³/mol. The lowest BCUT2D eigenvalue weighted by molar-refractivity contribution is -0.128. The number of anilines is 1. The molecule has 0 atom stereocenters. The molecular weight excluding hydrogens is 312 g/mol. The third-order valence-electron chi connectivity index (χ3n) is 3.85. The van der Waals surface area contributed by atoms with Gasteiger partial charge in [0.05, 0.1) is 0 Å². The van der Waals surface area contributed by atoms with Crippen molar-refractivity contribution in [2.75, 3.05) is 11.9 Å². The fourth-order valence-electron chi connectivity index (χ4n) is 2.38. The van der Waals surface area contributed by atoms with Crippen LogP contribution in [-0.2, 0) is 16.0 Å². The second-order valence-corrected chi connectivity index (χ2v) is 7.12. The van der Waals surface area contributed by atoms with Gasteiger partial charge in [-0.2, -0.15) is 0 Å². The summed E-state index contributed by atoms with van der Waals surface area (Å²) in [7, 11) is 0. The van der Waals surface area contributed by atoms with E-state index in [4.69, 9.17) is 0 Å². The molecular formula is C21H26N2O2. The third kappa shape index (κ3) is 6.07. The maximum atomic E-state index is 12.2. The lowest BCUT2D eigenvalue weighted by Crippen LogP contribution is -2.36. The van der Waals surface area contributed by atoms with Crippen molar-refractivity contribution in [3.05, 3.63) is 65.7 Å². The molecule has 0 spiro atoms. The minimum atomic E-state index is -0.446. The summed E-state index contributed by atoms with van der Waals surface area (Å²) >= 11 is 0.